The number of aryl methyl sites for hydroxylation is 1. The summed E-state index contributed by atoms with van der Waals surface area (Å²) in [5, 5.41) is 0. The largest absolute Gasteiger partial charge is 0.481 e. The summed E-state index contributed by atoms with van der Waals surface area (Å²) in [6, 6.07) is 11.3. The number of hydrogen-bond donors (Lipinski definition) is 0. The third-order valence-electron chi connectivity index (χ3n) is 5.01. The summed E-state index contributed by atoms with van der Waals surface area (Å²) in [6.45, 7) is 3.43. The number of benzene rings is 2. The molecule has 1 aliphatic heterocycles. The number of ether oxygens (including phenoxy) is 1. The molecule has 0 aromatic heterocycles. The van der Waals surface area contributed by atoms with E-state index in [-0.39, 0.29) is 32.1 Å². The van der Waals surface area contributed by atoms with Gasteiger partial charge in [-0.25, -0.2) is 8.42 Å². The Hall–Kier alpha value is -2.59. The summed E-state index contributed by atoms with van der Waals surface area (Å²) in [6.07, 6.45) is -5.57. The van der Waals surface area contributed by atoms with Gasteiger partial charge in [-0.05, 0) is 43.7 Å². The lowest BCUT2D eigenvalue weighted by Crippen LogP contribution is -2.53. The summed E-state index contributed by atoms with van der Waals surface area (Å²) in [5.74, 6) is 0.236. The van der Waals surface area contributed by atoms with Crippen LogP contribution in [0.25, 0.3) is 0 Å². The minimum atomic E-state index is -4.79. The minimum Gasteiger partial charge on any atom is -0.481 e. The van der Waals surface area contributed by atoms with Crippen LogP contribution < -0.4 is 4.74 Å². The predicted molar refractivity (Wildman–Crippen MR) is 108 cm³/mol. The molecule has 0 spiro atoms. The molecule has 6 nitrogen and oxygen atoms in total. The maximum Gasteiger partial charge on any atom is 0.417 e. The maximum absolute atomic E-state index is 13.3. The summed E-state index contributed by atoms with van der Waals surface area (Å²) >= 11 is 0. The molecule has 0 radical (unpaired) electrons. The Morgan fingerprint density at radius 2 is 1.68 bits per heavy atom. The van der Waals surface area contributed by atoms with Crippen molar-refractivity contribution in [1.29, 1.82) is 0 Å². The molecule has 0 unspecified atom stereocenters. The molecule has 0 bridgehead atoms. The van der Waals surface area contributed by atoms with Crippen molar-refractivity contribution < 1.29 is 31.1 Å². The maximum atomic E-state index is 13.3. The number of carbonyl (C=O) groups excluding carboxylic acids is 1. The fourth-order valence-corrected chi connectivity index (χ4v) is 5.05. The first kappa shape index (κ1) is 23.1. The van der Waals surface area contributed by atoms with E-state index in [1.54, 1.807) is 19.1 Å². The van der Waals surface area contributed by atoms with Crippen LogP contribution in [0, 0.1) is 6.92 Å². The van der Waals surface area contributed by atoms with Crippen LogP contribution in [0.4, 0.5) is 13.2 Å². The fraction of sp³-hybridized carbons (Fsp3) is 0.381. The molecule has 31 heavy (non-hydrogen) atoms. The molecule has 1 fully saturated rings. The van der Waals surface area contributed by atoms with Crippen molar-refractivity contribution in [2.75, 3.05) is 26.2 Å². The lowest BCUT2D eigenvalue weighted by atomic mass is 10.2. The monoisotopic (exact) mass is 456 g/mol. The van der Waals surface area contributed by atoms with Gasteiger partial charge in [-0.3, -0.25) is 4.79 Å². The molecule has 10 heteroatoms. The fourth-order valence-electron chi connectivity index (χ4n) is 3.41. The zero-order chi connectivity index (χ0) is 22.8. The van der Waals surface area contributed by atoms with Gasteiger partial charge in [0.05, 0.1) is 10.5 Å². The number of hydrogen-bond acceptors (Lipinski definition) is 4. The smallest absolute Gasteiger partial charge is 0.417 e. The van der Waals surface area contributed by atoms with Crippen LogP contribution >= 0.6 is 0 Å². The van der Waals surface area contributed by atoms with Gasteiger partial charge >= 0.3 is 6.18 Å². The van der Waals surface area contributed by atoms with Crippen LogP contribution in [0.3, 0.4) is 0 Å². The average molecular weight is 456 g/mol. The van der Waals surface area contributed by atoms with E-state index in [9.17, 15) is 26.4 Å². The molecule has 1 aliphatic rings. The van der Waals surface area contributed by atoms with E-state index in [1.807, 2.05) is 19.1 Å². The van der Waals surface area contributed by atoms with E-state index in [2.05, 4.69) is 0 Å². The predicted octanol–water partition coefficient (Wildman–Crippen LogP) is 3.31. The van der Waals surface area contributed by atoms with Crippen LogP contribution in [0.1, 0.15) is 18.1 Å². The molecule has 0 aliphatic carbocycles. The first-order valence-electron chi connectivity index (χ1n) is 9.68. The standard InChI is InChI=1S/C21H23F3N2O4S/c1-15-6-5-7-17(14-15)30-16(2)20(27)25-10-12-26(13-11-25)31(28,29)19-9-4-3-8-18(19)21(22,23)24/h3-9,14,16H,10-13H2,1-2H3/t16-/m0/s1. The first-order chi connectivity index (χ1) is 14.5. The van der Waals surface area contributed by atoms with E-state index in [0.717, 1.165) is 28.1 Å². The summed E-state index contributed by atoms with van der Waals surface area (Å²) in [5.41, 5.74) is -0.219. The number of piperazine rings is 1. The van der Waals surface area contributed by atoms with Crippen molar-refractivity contribution >= 4 is 15.9 Å². The highest BCUT2D eigenvalue weighted by Crippen LogP contribution is 2.35. The molecule has 1 saturated heterocycles. The van der Waals surface area contributed by atoms with Gasteiger partial charge in [0.1, 0.15) is 5.75 Å². The number of amides is 1. The lowest BCUT2D eigenvalue weighted by Gasteiger charge is -2.35. The Morgan fingerprint density at radius 3 is 2.29 bits per heavy atom. The Balaban J connectivity index is 1.67. The van der Waals surface area contributed by atoms with Crippen molar-refractivity contribution in [3.63, 3.8) is 0 Å². The lowest BCUT2D eigenvalue weighted by molar-refractivity contribution is -0.140. The molecular formula is C21H23F3N2O4S. The van der Waals surface area contributed by atoms with E-state index in [0.29, 0.717) is 5.75 Å². The van der Waals surface area contributed by atoms with Crippen LogP contribution in [0.15, 0.2) is 53.4 Å². The van der Waals surface area contributed by atoms with Gasteiger partial charge in [0.15, 0.2) is 6.10 Å². The quantitative estimate of drug-likeness (QED) is 0.693. The Bertz CT molecular complexity index is 1050. The van der Waals surface area contributed by atoms with E-state index in [4.69, 9.17) is 4.74 Å². The molecule has 2 aromatic carbocycles. The third-order valence-corrected chi connectivity index (χ3v) is 6.97. The molecule has 3 rings (SSSR count). The van der Waals surface area contributed by atoms with Crippen molar-refractivity contribution in [1.82, 2.24) is 9.21 Å². The summed E-state index contributed by atoms with van der Waals surface area (Å²) in [7, 11) is -4.35. The van der Waals surface area contributed by atoms with Crippen LogP contribution in [-0.4, -0.2) is 55.8 Å². The second kappa shape index (κ2) is 8.88. The average Bonchev–Trinajstić information content (AvgIpc) is 2.72. The first-order valence-corrected chi connectivity index (χ1v) is 11.1. The van der Waals surface area contributed by atoms with Crippen LogP contribution in [-0.2, 0) is 21.0 Å². The Labute approximate surface area is 179 Å². The van der Waals surface area contributed by atoms with Crippen LogP contribution in [0.2, 0.25) is 0 Å². The third kappa shape index (κ3) is 5.19. The van der Waals surface area contributed by atoms with Crippen molar-refractivity contribution in [3.05, 3.63) is 59.7 Å². The van der Waals surface area contributed by atoms with Gasteiger partial charge < -0.3 is 9.64 Å². The Morgan fingerprint density at radius 1 is 1.03 bits per heavy atom. The molecule has 1 atom stereocenters. The SMILES string of the molecule is Cc1cccc(O[C@@H](C)C(=O)N2CCN(S(=O)(=O)c3ccccc3C(F)(F)F)CC2)c1. The van der Waals surface area contributed by atoms with Gasteiger partial charge in [0.2, 0.25) is 10.0 Å². The highest BCUT2D eigenvalue weighted by Gasteiger charge is 2.40. The van der Waals surface area contributed by atoms with Crippen molar-refractivity contribution in [2.45, 2.75) is 31.0 Å². The number of sulfonamides is 1. The number of carbonyl (C=O) groups is 1. The van der Waals surface area contributed by atoms with Crippen molar-refractivity contribution in [3.8, 4) is 5.75 Å². The van der Waals surface area contributed by atoms with Gasteiger partial charge in [-0.15, -0.1) is 0 Å². The van der Waals surface area contributed by atoms with Gasteiger partial charge in [0, 0.05) is 26.2 Å². The zero-order valence-electron chi connectivity index (χ0n) is 17.1. The van der Waals surface area contributed by atoms with Gasteiger partial charge in [0.25, 0.3) is 5.91 Å². The van der Waals surface area contributed by atoms with E-state index >= 15 is 0 Å². The second-order valence-electron chi connectivity index (χ2n) is 7.30. The zero-order valence-corrected chi connectivity index (χ0v) is 17.9. The van der Waals surface area contributed by atoms with E-state index < -0.39 is 32.8 Å². The second-order valence-corrected chi connectivity index (χ2v) is 9.21. The molecule has 0 N–H and O–H groups in total. The highest BCUT2D eigenvalue weighted by molar-refractivity contribution is 7.89. The topological polar surface area (TPSA) is 66.9 Å². The highest BCUT2D eigenvalue weighted by atomic mass is 32.2. The normalized spacial score (nSPS) is 16.7. The molecule has 1 heterocycles. The molecule has 1 amide bonds. The number of halogens is 3. The summed E-state index contributed by atoms with van der Waals surface area (Å²) in [4.78, 5) is 13.4. The summed E-state index contributed by atoms with van der Waals surface area (Å²) < 4.78 is 72.1. The van der Waals surface area contributed by atoms with Gasteiger partial charge in [-0.1, -0.05) is 24.3 Å². The number of nitrogens with zero attached hydrogens (tertiary/aromatic N) is 2. The van der Waals surface area contributed by atoms with Crippen molar-refractivity contribution in [2.24, 2.45) is 0 Å². The molecule has 168 valence electrons. The number of alkyl halides is 3. The number of rotatable bonds is 5. The van der Waals surface area contributed by atoms with E-state index in [1.165, 1.54) is 11.0 Å². The minimum absolute atomic E-state index is 0.0633. The van der Waals surface area contributed by atoms with Crippen LogP contribution in [0.5, 0.6) is 5.75 Å². The molecular weight excluding hydrogens is 433 g/mol. The van der Waals surface area contributed by atoms with Gasteiger partial charge in [-0.2, -0.15) is 17.5 Å². The Kier molecular flexibility index (Phi) is 6.61. The molecule has 0 saturated carbocycles. The molecule has 2 aromatic rings.